The minimum Gasteiger partial charge on any atom is -0.466 e. The third-order valence-corrected chi connectivity index (χ3v) is 2.29. The lowest BCUT2D eigenvalue weighted by molar-refractivity contribution is -0.142. The number of benzene rings is 1. The van der Waals surface area contributed by atoms with Gasteiger partial charge in [0, 0.05) is 11.6 Å². The number of anilines is 1. The smallest absolute Gasteiger partial charge is 0.307 e. The van der Waals surface area contributed by atoms with Gasteiger partial charge in [-0.2, -0.15) is 5.26 Å². The van der Waals surface area contributed by atoms with Crippen molar-refractivity contribution in [3.63, 3.8) is 0 Å². The highest BCUT2D eigenvalue weighted by Gasteiger charge is 2.04. The van der Waals surface area contributed by atoms with Crippen LogP contribution in [0.15, 0.2) is 18.2 Å². The third kappa shape index (κ3) is 4.33. The fourth-order valence-corrected chi connectivity index (χ4v) is 1.47. The molecule has 17 heavy (non-hydrogen) atoms. The van der Waals surface area contributed by atoms with E-state index in [1.807, 2.05) is 6.07 Å². The van der Waals surface area contributed by atoms with Crippen molar-refractivity contribution in [2.75, 3.05) is 18.5 Å². The summed E-state index contributed by atoms with van der Waals surface area (Å²) in [6, 6.07) is 7.02. The lowest BCUT2D eigenvalue weighted by atomic mass is 10.2. The second kappa shape index (κ2) is 6.77. The van der Waals surface area contributed by atoms with Crippen molar-refractivity contribution in [3.8, 4) is 6.07 Å². The summed E-state index contributed by atoms with van der Waals surface area (Å²) in [6.07, 6.45) is 0.265. The van der Waals surface area contributed by atoms with Crippen molar-refractivity contribution in [1.29, 1.82) is 5.26 Å². The van der Waals surface area contributed by atoms with Gasteiger partial charge in [0.1, 0.15) is 6.07 Å². The van der Waals surface area contributed by atoms with Crippen molar-refractivity contribution in [2.45, 2.75) is 13.3 Å². The molecule has 1 aromatic carbocycles. The first kappa shape index (κ1) is 13.3. The number of carbonyl (C=O) groups is 1. The van der Waals surface area contributed by atoms with E-state index < -0.39 is 0 Å². The summed E-state index contributed by atoms with van der Waals surface area (Å²) in [5.41, 5.74) is 1.13. The monoisotopic (exact) mass is 252 g/mol. The molecule has 0 radical (unpaired) electrons. The summed E-state index contributed by atoms with van der Waals surface area (Å²) in [5, 5.41) is 12.4. The van der Waals surface area contributed by atoms with E-state index >= 15 is 0 Å². The zero-order valence-corrected chi connectivity index (χ0v) is 10.3. The van der Waals surface area contributed by atoms with E-state index in [1.165, 1.54) is 0 Å². The molecule has 0 aromatic heterocycles. The van der Waals surface area contributed by atoms with Crippen LogP contribution in [0.2, 0.25) is 5.02 Å². The Hall–Kier alpha value is -1.73. The Morgan fingerprint density at radius 2 is 2.35 bits per heavy atom. The number of ether oxygens (including phenoxy) is 1. The Labute approximate surface area is 105 Å². The molecule has 1 aromatic rings. The SMILES string of the molecule is CCOC(=O)CCNc1ccc(Cl)cc1C#N. The van der Waals surface area contributed by atoms with Gasteiger partial charge in [-0.15, -0.1) is 0 Å². The average molecular weight is 253 g/mol. The summed E-state index contributed by atoms with van der Waals surface area (Å²) in [4.78, 5) is 11.1. The highest BCUT2D eigenvalue weighted by molar-refractivity contribution is 6.30. The minimum absolute atomic E-state index is 0.257. The Bertz CT molecular complexity index is 441. The van der Waals surface area contributed by atoms with Crippen molar-refractivity contribution in [3.05, 3.63) is 28.8 Å². The Balaban J connectivity index is 2.52. The highest BCUT2D eigenvalue weighted by atomic mass is 35.5. The van der Waals surface area contributed by atoms with Crippen LogP contribution in [0.3, 0.4) is 0 Å². The molecule has 0 atom stereocenters. The highest BCUT2D eigenvalue weighted by Crippen LogP contribution is 2.19. The molecule has 0 spiro atoms. The Morgan fingerprint density at radius 3 is 3.00 bits per heavy atom. The topological polar surface area (TPSA) is 62.1 Å². The molecule has 5 heteroatoms. The first-order valence-corrected chi connectivity index (χ1v) is 5.64. The number of nitrogens with zero attached hydrogens (tertiary/aromatic N) is 1. The second-order valence-electron chi connectivity index (χ2n) is 3.28. The van der Waals surface area contributed by atoms with Crippen molar-refractivity contribution >= 4 is 23.3 Å². The van der Waals surface area contributed by atoms with E-state index in [0.717, 1.165) is 0 Å². The molecular weight excluding hydrogens is 240 g/mol. The normalized spacial score (nSPS) is 9.47. The second-order valence-corrected chi connectivity index (χ2v) is 3.72. The molecule has 1 rings (SSSR count). The van der Waals surface area contributed by atoms with Gasteiger partial charge in [-0.25, -0.2) is 0 Å². The third-order valence-electron chi connectivity index (χ3n) is 2.05. The molecule has 0 saturated carbocycles. The number of hydrogen-bond acceptors (Lipinski definition) is 4. The van der Waals surface area contributed by atoms with Crippen molar-refractivity contribution < 1.29 is 9.53 Å². The number of rotatable bonds is 5. The van der Waals surface area contributed by atoms with E-state index in [9.17, 15) is 4.79 Å². The van der Waals surface area contributed by atoms with Crippen molar-refractivity contribution in [1.82, 2.24) is 0 Å². The van der Waals surface area contributed by atoms with Crippen LogP contribution in [0.5, 0.6) is 0 Å². The van der Waals surface area contributed by atoms with Gasteiger partial charge in [0.25, 0.3) is 0 Å². The maximum Gasteiger partial charge on any atom is 0.307 e. The number of nitrogens with one attached hydrogen (secondary N) is 1. The molecule has 0 amide bonds. The molecule has 90 valence electrons. The Kier molecular flexibility index (Phi) is 5.31. The zero-order valence-electron chi connectivity index (χ0n) is 9.50. The van der Waals surface area contributed by atoms with Gasteiger partial charge in [-0.05, 0) is 25.1 Å². The van der Waals surface area contributed by atoms with Gasteiger partial charge in [-0.1, -0.05) is 11.6 Å². The lowest BCUT2D eigenvalue weighted by Crippen LogP contribution is -2.11. The van der Waals surface area contributed by atoms with Crippen LogP contribution in [0.1, 0.15) is 18.9 Å². The lowest BCUT2D eigenvalue weighted by Gasteiger charge is -2.07. The first-order chi connectivity index (χ1) is 8.17. The summed E-state index contributed by atoms with van der Waals surface area (Å²) in [5.74, 6) is -0.257. The number of hydrogen-bond donors (Lipinski definition) is 1. The van der Waals surface area contributed by atoms with Crippen molar-refractivity contribution in [2.24, 2.45) is 0 Å². The molecule has 0 heterocycles. The zero-order chi connectivity index (χ0) is 12.7. The standard InChI is InChI=1S/C12H13ClN2O2/c1-2-17-12(16)5-6-15-11-4-3-10(13)7-9(11)8-14/h3-4,7,15H,2,5-6H2,1H3. The fourth-order valence-electron chi connectivity index (χ4n) is 1.30. The van der Waals surface area contributed by atoms with Gasteiger partial charge < -0.3 is 10.1 Å². The van der Waals surface area contributed by atoms with Gasteiger partial charge in [0.15, 0.2) is 0 Å². The van der Waals surface area contributed by atoms with Crippen LogP contribution in [-0.2, 0) is 9.53 Å². The van der Waals surface area contributed by atoms with E-state index in [0.29, 0.717) is 29.4 Å². The van der Waals surface area contributed by atoms with E-state index in [2.05, 4.69) is 5.32 Å². The minimum atomic E-state index is -0.257. The van der Waals surface area contributed by atoms with Crippen LogP contribution in [-0.4, -0.2) is 19.1 Å². The van der Waals surface area contributed by atoms with Gasteiger partial charge >= 0.3 is 5.97 Å². The summed E-state index contributed by atoms with van der Waals surface area (Å²) >= 11 is 5.77. The largest absolute Gasteiger partial charge is 0.466 e. The van der Waals surface area contributed by atoms with Gasteiger partial charge in [-0.3, -0.25) is 4.79 Å². The molecule has 0 fully saturated rings. The molecule has 0 aliphatic rings. The molecule has 0 saturated heterocycles. The van der Waals surface area contributed by atoms with Gasteiger partial charge in [0.2, 0.25) is 0 Å². The fraction of sp³-hybridized carbons (Fsp3) is 0.333. The van der Waals surface area contributed by atoms with Crippen LogP contribution in [0, 0.1) is 11.3 Å². The average Bonchev–Trinajstić information content (AvgIpc) is 2.31. The quantitative estimate of drug-likeness (QED) is 0.818. The molecule has 1 N–H and O–H groups in total. The number of halogens is 1. The van der Waals surface area contributed by atoms with Crippen LogP contribution in [0.25, 0.3) is 0 Å². The molecule has 0 aliphatic carbocycles. The number of carbonyl (C=O) groups excluding carboxylic acids is 1. The molecule has 0 unspecified atom stereocenters. The number of nitriles is 1. The van der Waals surface area contributed by atoms with Crippen LogP contribution in [0.4, 0.5) is 5.69 Å². The summed E-state index contributed by atoms with van der Waals surface area (Å²) in [7, 11) is 0. The molecule has 0 aliphatic heterocycles. The van der Waals surface area contributed by atoms with Crippen LogP contribution < -0.4 is 5.32 Å². The predicted molar refractivity (Wildman–Crippen MR) is 65.9 cm³/mol. The number of esters is 1. The van der Waals surface area contributed by atoms with E-state index in [-0.39, 0.29) is 12.4 Å². The van der Waals surface area contributed by atoms with Gasteiger partial charge in [0.05, 0.1) is 24.3 Å². The maximum absolute atomic E-state index is 11.1. The molecule has 0 bridgehead atoms. The summed E-state index contributed by atoms with van der Waals surface area (Å²) in [6.45, 7) is 2.57. The maximum atomic E-state index is 11.1. The molecular formula is C12H13ClN2O2. The predicted octanol–water partition coefficient (Wildman–Crippen LogP) is 2.58. The first-order valence-electron chi connectivity index (χ1n) is 5.26. The Morgan fingerprint density at radius 1 is 1.59 bits per heavy atom. The van der Waals surface area contributed by atoms with E-state index in [1.54, 1.807) is 25.1 Å². The van der Waals surface area contributed by atoms with Crippen LogP contribution >= 0.6 is 11.6 Å². The van der Waals surface area contributed by atoms with E-state index in [4.69, 9.17) is 21.6 Å². The summed E-state index contributed by atoms with van der Waals surface area (Å²) < 4.78 is 4.79. The molecule has 4 nitrogen and oxygen atoms in total.